The molecule has 1 unspecified atom stereocenters. The Balaban J connectivity index is 2.38. The molecule has 0 amide bonds. The summed E-state index contributed by atoms with van der Waals surface area (Å²) in [5.41, 5.74) is 7.56. The van der Waals surface area contributed by atoms with E-state index in [1.165, 1.54) is 6.07 Å². The quantitative estimate of drug-likeness (QED) is 0.860. The number of rotatable bonds is 4. The average molecular weight is 359 g/mol. The summed E-state index contributed by atoms with van der Waals surface area (Å²) in [7, 11) is 0. The molecule has 0 saturated heterocycles. The van der Waals surface area contributed by atoms with Gasteiger partial charge in [0.05, 0.1) is 17.7 Å². The van der Waals surface area contributed by atoms with Gasteiger partial charge in [0.1, 0.15) is 11.6 Å². The molecule has 2 nitrogen and oxygen atoms in total. The van der Waals surface area contributed by atoms with Crippen LogP contribution in [0, 0.1) is 5.82 Å². The van der Waals surface area contributed by atoms with Crippen molar-refractivity contribution in [3.8, 4) is 5.75 Å². The van der Waals surface area contributed by atoms with Gasteiger partial charge in [0.2, 0.25) is 0 Å². The van der Waals surface area contributed by atoms with Crippen molar-refractivity contribution in [1.29, 1.82) is 0 Å². The summed E-state index contributed by atoms with van der Waals surface area (Å²) in [6.07, 6.45) is 0. The minimum atomic E-state index is -0.511. The monoisotopic (exact) mass is 357 g/mol. The lowest BCUT2D eigenvalue weighted by Gasteiger charge is -2.17. The molecule has 0 spiro atoms. The Morgan fingerprint density at radius 1 is 1.30 bits per heavy atom. The standard InChI is InChI=1S/C15H14BrClFNO/c1-2-20-9-6-7-10(12(16)8-9)15(19)11-4-3-5-13(18)14(11)17/h3-8,15H,2,19H2,1H3. The molecule has 2 rings (SSSR count). The molecule has 0 bridgehead atoms. The molecule has 0 aliphatic rings. The molecule has 0 aromatic heterocycles. The van der Waals surface area contributed by atoms with Gasteiger partial charge < -0.3 is 10.5 Å². The van der Waals surface area contributed by atoms with E-state index in [-0.39, 0.29) is 5.02 Å². The smallest absolute Gasteiger partial charge is 0.142 e. The fraction of sp³-hybridized carbons (Fsp3) is 0.200. The zero-order chi connectivity index (χ0) is 14.7. The lowest BCUT2D eigenvalue weighted by molar-refractivity contribution is 0.340. The average Bonchev–Trinajstić information content (AvgIpc) is 2.42. The first kappa shape index (κ1) is 15.3. The lowest BCUT2D eigenvalue weighted by Crippen LogP contribution is -2.13. The van der Waals surface area contributed by atoms with E-state index in [2.05, 4.69) is 15.9 Å². The summed E-state index contributed by atoms with van der Waals surface area (Å²) in [5.74, 6) is 0.280. The van der Waals surface area contributed by atoms with Gasteiger partial charge in [0, 0.05) is 4.47 Å². The highest BCUT2D eigenvalue weighted by molar-refractivity contribution is 9.10. The van der Waals surface area contributed by atoms with E-state index in [4.69, 9.17) is 22.1 Å². The van der Waals surface area contributed by atoms with E-state index < -0.39 is 11.9 Å². The third-order valence-corrected chi connectivity index (χ3v) is 4.02. The molecule has 0 saturated carbocycles. The first-order valence-electron chi connectivity index (χ1n) is 6.16. The van der Waals surface area contributed by atoms with Gasteiger partial charge in [0.25, 0.3) is 0 Å². The molecule has 0 aliphatic heterocycles. The van der Waals surface area contributed by atoms with Crippen LogP contribution < -0.4 is 10.5 Å². The van der Waals surface area contributed by atoms with Crippen molar-refractivity contribution >= 4 is 27.5 Å². The molecule has 2 N–H and O–H groups in total. The number of hydrogen-bond acceptors (Lipinski definition) is 2. The Morgan fingerprint density at radius 2 is 2.05 bits per heavy atom. The third-order valence-electron chi connectivity index (χ3n) is 2.93. The van der Waals surface area contributed by atoms with Crippen LogP contribution in [0.2, 0.25) is 5.02 Å². The fourth-order valence-electron chi connectivity index (χ4n) is 1.94. The van der Waals surface area contributed by atoms with Crippen LogP contribution in [0.15, 0.2) is 40.9 Å². The SMILES string of the molecule is CCOc1ccc(C(N)c2cccc(F)c2Cl)c(Br)c1. The van der Waals surface area contributed by atoms with Crippen LogP contribution in [0.5, 0.6) is 5.75 Å². The Labute approximate surface area is 130 Å². The van der Waals surface area contributed by atoms with E-state index in [0.29, 0.717) is 12.2 Å². The van der Waals surface area contributed by atoms with E-state index in [0.717, 1.165) is 15.8 Å². The zero-order valence-corrected chi connectivity index (χ0v) is 13.2. The second-order valence-electron chi connectivity index (χ2n) is 4.24. The Morgan fingerprint density at radius 3 is 2.70 bits per heavy atom. The van der Waals surface area contributed by atoms with Gasteiger partial charge in [-0.05, 0) is 36.2 Å². The Bertz CT molecular complexity index is 621. The van der Waals surface area contributed by atoms with Gasteiger partial charge in [-0.25, -0.2) is 4.39 Å². The molecule has 2 aromatic rings. The van der Waals surface area contributed by atoms with Crippen molar-refractivity contribution in [2.75, 3.05) is 6.61 Å². The Hall–Kier alpha value is -1.10. The van der Waals surface area contributed by atoms with E-state index in [9.17, 15) is 4.39 Å². The van der Waals surface area contributed by atoms with Crippen LogP contribution in [0.25, 0.3) is 0 Å². The van der Waals surface area contributed by atoms with Crippen molar-refractivity contribution in [2.45, 2.75) is 13.0 Å². The molecule has 106 valence electrons. The zero-order valence-electron chi connectivity index (χ0n) is 10.9. The largest absolute Gasteiger partial charge is 0.494 e. The van der Waals surface area contributed by atoms with Crippen LogP contribution in [-0.2, 0) is 0 Å². The molecule has 0 radical (unpaired) electrons. The number of ether oxygens (including phenoxy) is 1. The summed E-state index contributed by atoms with van der Waals surface area (Å²) in [6.45, 7) is 2.51. The van der Waals surface area contributed by atoms with Gasteiger partial charge in [-0.3, -0.25) is 0 Å². The molecule has 20 heavy (non-hydrogen) atoms. The number of nitrogens with two attached hydrogens (primary N) is 1. The minimum Gasteiger partial charge on any atom is -0.494 e. The van der Waals surface area contributed by atoms with Crippen LogP contribution >= 0.6 is 27.5 Å². The van der Waals surface area contributed by atoms with Crippen molar-refractivity contribution in [1.82, 2.24) is 0 Å². The predicted molar refractivity (Wildman–Crippen MR) is 82.8 cm³/mol. The summed E-state index contributed by atoms with van der Waals surface area (Å²) in [4.78, 5) is 0. The summed E-state index contributed by atoms with van der Waals surface area (Å²) in [6, 6.07) is 9.64. The highest BCUT2D eigenvalue weighted by atomic mass is 79.9. The second kappa shape index (κ2) is 6.57. The molecule has 0 heterocycles. The van der Waals surface area contributed by atoms with Crippen molar-refractivity contribution in [2.24, 2.45) is 5.73 Å². The highest BCUT2D eigenvalue weighted by Crippen LogP contribution is 2.33. The van der Waals surface area contributed by atoms with Gasteiger partial charge in [-0.15, -0.1) is 0 Å². The van der Waals surface area contributed by atoms with E-state index in [1.807, 2.05) is 25.1 Å². The number of benzene rings is 2. The first-order chi connectivity index (χ1) is 9.54. The number of hydrogen-bond donors (Lipinski definition) is 1. The summed E-state index contributed by atoms with van der Waals surface area (Å²) < 4.78 is 19.7. The first-order valence-corrected chi connectivity index (χ1v) is 7.33. The van der Waals surface area contributed by atoms with E-state index in [1.54, 1.807) is 12.1 Å². The van der Waals surface area contributed by atoms with Gasteiger partial charge >= 0.3 is 0 Å². The van der Waals surface area contributed by atoms with Crippen LogP contribution in [0.4, 0.5) is 4.39 Å². The molecule has 1 atom stereocenters. The van der Waals surface area contributed by atoms with Gasteiger partial charge in [0.15, 0.2) is 0 Å². The predicted octanol–water partition coefficient (Wildman–Crippen LogP) is 4.69. The topological polar surface area (TPSA) is 35.2 Å². The van der Waals surface area contributed by atoms with Crippen molar-refractivity contribution in [3.63, 3.8) is 0 Å². The molecule has 0 fully saturated rings. The maximum absolute atomic E-state index is 13.5. The van der Waals surface area contributed by atoms with Crippen LogP contribution in [-0.4, -0.2) is 6.61 Å². The van der Waals surface area contributed by atoms with Gasteiger partial charge in [-0.2, -0.15) is 0 Å². The molecule has 5 heteroatoms. The van der Waals surface area contributed by atoms with Crippen LogP contribution in [0.3, 0.4) is 0 Å². The maximum Gasteiger partial charge on any atom is 0.142 e. The van der Waals surface area contributed by atoms with Crippen molar-refractivity contribution < 1.29 is 9.13 Å². The second-order valence-corrected chi connectivity index (χ2v) is 5.47. The summed E-state index contributed by atoms with van der Waals surface area (Å²) >= 11 is 9.44. The molecule has 0 aliphatic carbocycles. The molecular formula is C15H14BrClFNO. The van der Waals surface area contributed by atoms with Gasteiger partial charge in [-0.1, -0.05) is 45.7 Å². The Kier molecular flexibility index (Phi) is 5.02. The van der Waals surface area contributed by atoms with Crippen molar-refractivity contribution in [3.05, 3.63) is 62.8 Å². The highest BCUT2D eigenvalue weighted by Gasteiger charge is 2.17. The van der Waals surface area contributed by atoms with Crippen LogP contribution in [0.1, 0.15) is 24.1 Å². The number of halogens is 3. The summed E-state index contributed by atoms with van der Waals surface area (Å²) in [5, 5.41) is 0.0563. The lowest BCUT2D eigenvalue weighted by atomic mass is 9.99. The molecule has 2 aromatic carbocycles. The normalized spacial score (nSPS) is 12.2. The van der Waals surface area contributed by atoms with E-state index >= 15 is 0 Å². The fourth-order valence-corrected chi connectivity index (χ4v) is 2.79. The maximum atomic E-state index is 13.5. The molecular weight excluding hydrogens is 345 g/mol. The minimum absolute atomic E-state index is 0.0563. The third kappa shape index (κ3) is 3.14.